The molecule has 1 heterocycles. The summed E-state index contributed by atoms with van der Waals surface area (Å²) in [6.07, 6.45) is 5.20. The summed E-state index contributed by atoms with van der Waals surface area (Å²) in [7, 11) is -3.26. The van der Waals surface area contributed by atoms with Crippen molar-refractivity contribution in [3.8, 4) is 0 Å². The Morgan fingerprint density at radius 3 is 2.42 bits per heavy atom. The zero-order valence-corrected chi connectivity index (χ0v) is 18.8. The van der Waals surface area contributed by atoms with E-state index >= 15 is 0 Å². The molecule has 0 bridgehead atoms. The van der Waals surface area contributed by atoms with Gasteiger partial charge in [-0.15, -0.1) is 0 Å². The van der Waals surface area contributed by atoms with Crippen molar-refractivity contribution in [1.82, 2.24) is 14.9 Å². The molecule has 4 rings (SSSR count). The lowest BCUT2D eigenvalue weighted by Crippen LogP contribution is -2.41. The average molecular weight is 442 g/mol. The molecule has 1 amide bonds. The summed E-state index contributed by atoms with van der Waals surface area (Å²) in [4.78, 5) is 15.7. The van der Waals surface area contributed by atoms with E-state index in [0.29, 0.717) is 6.54 Å². The molecule has 2 N–H and O–H groups in total. The molecule has 1 saturated heterocycles. The molecule has 0 spiro atoms. The van der Waals surface area contributed by atoms with Crippen molar-refractivity contribution in [3.63, 3.8) is 0 Å². The number of hydrogen-bond donors (Lipinski definition) is 2. The van der Waals surface area contributed by atoms with Gasteiger partial charge in [-0.2, -0.15) is 0 Å². The largest absolute Gasteiger partial charge is 0.353 e. The Kier molecular flexibility index (Phi) is 6.46. The lowest BCUT2D eigenvalue weighted by Gasteiger charge is -2.29. The first-order valence-electron chi connectivity index (χ1n) is 11.0. The molecular weight excluding hydrogens is 410 g/mol. The third kappa shape index (κ3) is 5.34. The van der Waals surface area contributed by atoms with Crippen molar-refractivity contribution in [2.75, 3.05) is 25.9 Å². The number of rotatable bonds is 9. The Bertz CT molecular complexity index is 1010. The highest BCUT2D eigenvalue weighted by atomic mass is 32.2. The number of sulfonamides is 1. The Hall–Kier alpha value is -2.22. The van der Waals surface area contributed by atoms with Crippen LogP contribution in [-0.2, 0) is 26.8 Å². The van der Waals surface area contributed by atoms with Crippen LogP contribution in [0.25, 0.3) is 0 Å². The SMILES string of the molecule is CS(=O)(=O)NCc1cccc(C2(C(=O)NCC(c3ccccc3)N3CCCC3)CC2)c1. The maximum absolute atomic E-state index is 13.3. The topological polar surface area (TPSA) is 78.5 Å². The maximum atomic E-state index is 13.3. The lowest BCUT2D eigenvalue weighted by atomic mass is 9.93. The highest BCUT2D eigenvalue weighted by Gasteiger charge is 2.51. The van der Waals surface area contributed by atoms with Gasteiger partial charge >= 0.3 is 0 Å². The van der Waals surface area contributed by atoms with E-state index in [-0.39, 0.29) is 18.5 Å². The van der Waals surface area contributed by atoms with Gasteiger partial charge in [0.05, 0.1) is 17.7 Å². The van der Waals surface area contributed by atoms with Gasteiger partial charge in [0, 0.05) is 13.1 Å². The van der Waals surface area contributed by atoms with Gasteiger partial charge in [0.1, 0.15) is 0 Å². The second kappa shape index (κ2) is 9.10. The number of carbonyl (C=O) groups excluding carboxylic acids is 1. The number of carbonyl (C=O) groups is 1. The summed E-state index contributed by atoms with van der Waals surface area (Å²) in [6, 6.07) is 18.3. The average Bonchev–Trinajstić information content (AvgIpc) is 3.41. The van der Waals surface area contributed by atoms with Crippen molar-refractivity contribution in [2.24, 2.45) is 0 Å². The molecule has 1 atom stereocenters. The molecule has 2 aromatic rings. The first kappa shape index (κ1) is 22.0. The van der Waals surface area contributed by atoms with E-state index in [1.807, 2.05) is 30.3 Å². The van der Waals surface area contributed by atoms with E-state index in [2.05, 4.69) is 39.2 Å². The third-order valence-electron chi connectivity index (χ3n) is 6.42. The van der Waals surface area contributed by atoms with Crippen molar-refractivity contribution in [3.05, 3.63) is 71.3 Å². The Morgan fingerprint density at radius 1 is 1.06 bits per heavy atom. The monoisotopic (exact) mass is 441 g/mol. The van der Waals surface area contributed by atoms with Gasteiger partial charge in [-0.1, -0.05) is 54.6 Å². The number of nitrogens with zero attached hydrogens (tertiary/aromatic N) is 1. The lowest BCUT2D eigenvalue weighted by molar-refractivity contribution is -0.123. The number of hydrogen-bond acceptors (Lipinski definition) is 4. The van der Waals surface area contributed by atoms with Gasteiger partial charge in [-0.05, 0) is 55.5 Å². The number of benzene rings is 2. The quantitative estimate of drug-likeness (QED) is 0.627. The highest BCUT2D eigenvalue weighted by Crippen LogP contribution is 2.48. The Morgan fingerprint density at radius 2 is 1.77 bits per heavy atom. The molecule has 1 aliphatic heterocycles. The van der Waals surface area contributed by atoms with Crippen LogP contribution in [0.1, 0.15) is 48.4 Å². The molecule has 2 aliphatic rings. The summed E-state index contributed by atoms with van der Waals surface area (Å²) >= 11 is 0. The maximum Gasteiger partial charge on any atom is 0.230 e. The second-order valence-electron chi connectivity index (χ2n) is 8.76. The minimum Gasteiger partial charge on any atom is -0.353 e. The number of likely N-dealkylation sites (tertiary alicyclic amines) is 1. The van der Waals surface area contributed by atoms with Gasteiger partial charge in [0.2, 0.25) is 15.9 Å². The molecule has 0 aromatic heterocycles. The minimum atomic E-state index is -3.26. The molecule has 2 aromatic carbocycles. The molecule has 7 heteroatoms. The Labute approximate surface area is 185 Å². The van der Waals surface area contributed by atoms with Gasteiger partial charge in [-0.3, -0.25) is 9.69 Å². The fourth-order valence-electron chi connectivity index (χ4n) is 4.51. The highest BCUT2D eigenvalue weighted by molar-refractivity contribution is 7.88. The van der Waals surface area contributed by atoms with Crippen molar-refractivity contribution in [2.45, 2.75) is 43.7 Å². The van der Waals surface area contributed by atoms with Crippen LogP contribution in [0.4, 0.5) is 0 Å². The normalized spacial score (nSPS) is 19.1. The summed E-state index contributed by atoms with van der Waals surface area (Å²) in [5, 5.41) is 3.24. The number of amides is 1. The van der Waals surface area contributed by atoms with Gasteiger partial charge in [0.25, 0.3) is 0 Å². The molecule has 1 saturated carbocycles. The molecule has 1 aliphatic carbocycles. The van der Waals surface area contributed by atoms with E-state index in [9.17, 15) is 13.2 Å². The first-order chi connectivity index (χ1) is 14.9. The molecule has 6 nitrogen and oxygen atoms in total. The molecule has 166 valence electrons. The third-order valence-corrected chi connectivity index (χ3v) is 7.09. The summed E-state index contributed by atoms with van der Waals surface area (Å²) in [5.41, 5.74) is 2.58. The molecular formula is C24H31N3O3S. The fourth-order valence-corrected chi connectivity index (χ4v) is 4.94. The van der Waals surface area contributed by atoms with Crippen molar-refractivity contribution >= 4 is 15.9 Å². The van der Waals surface area contributed by atoms with E-state index in [1.54, 1.807) is 0 Å². The zero-order valence-electron chi connectivity index (χ0n) is 18.0. The van der Waals surface area contributed by atoms with Crippen LogP contribution in [-0.4, -0.2) is 45.1 Å². The standard InChI is InChI=1S/C24H31N3O3S/c1-31(29,30)26-17-19-8-7-11-21(16-19)24(12-13-24)23(28)25-18-22(27-14-5-6-15-27)20-9-3-2-4-10-20/h2-4,7-11,16,22,26H,5-6,12-15,17-18H2,1H3,(H,25,28). The fraction of sp³-hybridized carbons (Fsp3) is 0.458. The van der Waals surface area contributed by atoms with Crippen LogP contribution >= 0.6 is 0 Å². The van der Waals surface area contributed by atoms with E-state index in [0.717, 1.165) is 43.3 Å². The van der Waals surface area contributed by atoms with Crippen LogP contribution in [0, 0.1) is 0 Å². The molecule has 0 radical (unpaired) electrons. The van der Waals surface area contributed by atoms with Crippen molar-refractivity contribution in [1.29, 1.82) is 0 Å². The molecule has 2 fully saturated rings. The Balaban J connectivity index is 1.45. The van der Waals surface area contributed by atoms with Crippen LogP contribution < -0.4 is 10.0 Å². The predicted octanol–water partition coefficient (Wildman–Crippen LogP) is 2.72. The smallest absolute Gasteiger partial charge is 0.230 e. The summed E-state index contributed by atoms with van der Waals surface area (Å²) in [5.74, 6) is 0.0702. The summed E-state index contributed by atoms with van der Waals surface area (Å²) < 4.78 is 25.3. The minimum absolute atomic E-state index is 0.0702. The van der Waals surface area contributed by atoms with Crippen LogP contribution in [0.15, 0.2) is 54.6 Å². The van der Waals surface area contributed by atoms with Crippen LogP contribution in [0.5, 0.6) is 0 Å². The van der Waals surface area contributed by atoms with E-state index in [1.165, 1.54) is 18.4 Å². The molecule has 31 heavy (non-hydrogen) atoms. The molecule has 1 unspecified atom stereocenters. The second-order valence-corrected chi connectivity index (χ2v) is 10.6. The number of nitrogens with one attached hydrogen (secondary N) is 2. The first-order valence-corrected chi connectivity index (χ1v) is 12.9. The van der Waals surface area contributed by atoms with Crippen LogP contribution in [0.2, 0.25) is 0 Å². The van der Waals surface area contributed by atoms with Gasteiger partial charge < -0.3 is 5.32 Å². The van der Waals surface area contributed by atoms with Crippen LogP contribution in [0.3, 0.4) is 0 Å². The van der Waals surface area contributed by atoms with E-state index < -0.39 is 15.4 Å². The predicted molar refractivity (Wildman–Crippen MR) is 122 cm³/mol. The van der Waals surface area contributed by atoms with Gasteiger partial charge in [0.15, 0.2) is 0 Å². The summed E-state index contributed by atoms with van der Waals surface area (Å²) in [6.45, 7) is 2.96. The van der Waals surface area contributed by atoms with Crippen molar-refractivity contribution < 1.29 is 13.2 Å². The zero-order chi connectivity index (χ0) is 21.9. The van der Waals surface area contributed by atoms with E-state index in [4.69, 9.17) is 0 Å². The van der Waals surface area contributed by atoms with Gasteiger partial charge in [-0.25, -0.2) is 13.1 Å².